The quantitative estimate of drug-likeness (QED) is 0.751. The number of aromatic nitrogens is 2. The average Bonchev–Trinajstić information content (AvgIpc) is 2.47. The molecule has 0 aromatic carbocycles. The Morgan fingerprint density at radius 3 is 2.87 bits per heavy atom. The minimum atomic E-state index is 0.222. The topological polar surface area (TPSA) is 53.1 Å². The van der Waals surface area contributed by atoms with Crippen LogP contribution in [0.3, 0.4) is 0 Å². The van der Waals surface area contributed by atoms with E-state index in [1.54, 1.807) is 7.11 Å². The first-order valence-corrected chi connectivity index (χ1v) is 5.04. The van der Waals surface area contributed by atoms with Crippen LogP contribution in [0.1, 0.15) is 24.4 Å². The maximum Gasteiger partial charge on any atom is 0.127 e. The molecule has 4 heteroatoms. The van der Waals surface area contributed by atoms with Gasteiger partial charge >= 0.3 is 0 Å². The van der Waals surface area contributed by atoms with E-state index in [0.29, 0.717) is 13.2 Å². The second-order valence-corrected chi connectivity index (χ2v) is 3.69. The summed E-state index contributed by atoms with van der Waals surface area (Å²) in [4.78, 5) is 4.46. The first-order chi connectivity index (χ1) is 7.11. The van der Waals surface area contributed by atoms with Gasteiger partial charge in [-0.2, -0.15) is 0 Å². The molecular weight excluding hydrogens is 190 g/mol. The summed E-state index contributed by atoms with van der Waals surface area (Å²) in [6.07, 6.45) is 1.82. The van der Waals surface area contributed by atoms with E-state index in [1.807, 2.05) is 17.6 Å². The highest BCUT2D eigenvalue weighted by atomic mass is 16.5. The number of hydrogen-bond donors (Lipinski definition) is 1. The van der Waals surface area contributed by atoms with Crippen molar-refractivity contribution in [3.05, 3.63) is 24.2 Å². The van der Waals surface area contributed by atoms with Crippen molar-refractivity contribution in [2.75, 3.05) is 19.5 Å². The Kier molecular flexibility index (Phi) is 3.91. The average molecular weight is 209 g/mol. The van der Waals surface area contributed by atoms with E-state index in [0.717, 1.165) is 17.3 Å². The predicted octanol–water partition coefficient (Wildman–Crippen LogP) is 1.71. The fraction of sp³-hybridized carbons (Fsp3) is 0.545. The minimum absolute atomic E-state index is 0.222. The van der Waals surface area contributed by atoms with Crippen LogP contribution < -0.4 is 5.73 Å². The molecule has 0 aliphatic heterocycles. The second-order valence-electron chi connectivity index (χ2n) is 3.69. The van der Waals surface area contributed by atoms with Gasteiger partial charge in [0.15, 0.2) is 0 Å². The molecule has 0 bridgehead atoms. The largest absolute Gasteiger partial charge is 0.384 e. The Morgan fingerprint density at radius 1 is 1.67 bits per heavy atom. The molecule has 0 amide bonds. The Balaban J connectivity index is 2.99. The van der Waals surface area contributed by atoms with Gasteiger partial charge in [0.1, 0.15) is 11.6 Å². The highest BCUT2D eigenvalue weighted by Gasteiger charge is 2.16. The second kappa shape index (κ2) is 4.98. The lowest BCUT2D eigenvalue weighted by Crippen LogP contribution is -2.07. The number of nitrogens with zero attached hydrogens (tertiary/aromatic N) is 2. The van der Waals surface area contributed by atoms with E-state index in [9.17, 15) is 0 Å². The fourth-order valence-electron chi connectivity index (χ4n) is 1.66. The van der Waals surface area contributed by atoms with Gasteiger partial charge in [-0.25, -0.2) is 4.98 Å². The first kappa shape index (κ1) is 11.8. The van der Waals surface area contributed by atoms with Gasteiger partial charge in [0, 0.05) is 19.6 Å². The van der Waals surface area contributed by atoms with Gasteiger partial charge in [0.25, 0.3) is 0 Å². The van der Waals surface area contributed by atoms with Gasteiger partial charge in [0.05, 0.1) is 12.3 Å². The molecule has 1 aromatic heterocycles. The van der Waals surface area contributed by atoms with E-state index in [2.05, 4.69) is 18.5 Å². The Morgan fingerprint density at radius 2 is 2.33 bits per heavy atom. The summed E-state index contributed by atoms with van der Waals surface area (Å²) in [6, 6.07) is 0. The third kappa shape index (κ3) is 2.39. The zero-order chi connectivity index (χ0) is 11.4. The highest BCUT2D eigenvalue weighted by molar-refractivity contribution is 5.40. The molecule has 0 aliphatic rings. The molecule has 0 saturated heterocycles. The number of methoxy groups -OCH3 is 1. The molecule has 4 nitrogen and oxygen atoms in total. The highest BCUT2D eigenvalue weighted by Crippen LogP contribution is 2.22. The van der Waals surface area contributed by atoms with Crippen LogP contribution >= 0.6 is 0 Å². The Labute approximate surface area is 90.8 Å². The number of allylic oxidation sites excluding steroid dienone is 1. The van der Waals surface area contributed by atoms with E-state index >= 15 is 0 Å². The number of ether oxygens (including phenoxy) is 1. The third-order valence-corrected chi connectivity index (χ3v) is 2.42. The van der Waals surface area contributed by atoms with Crippen LogP contribution in [0.4, 0.5) is 5.82 Å². The summed E-state index contributed by atoms with van der Waals surface area (Å²) >= 11 is 0. The summed E-state index contributed by atoms with van der Waals surface area (Å²) in [5.74, 6) is 1.86. The molecule has 1 heterocycles. The molecule has 1 unspecified atom stereocenters. The molecule has 0 spiro atoms. The van der Waals surface area contributed by atoms with Crippen LogP contribution in [0.2, 0.25) is 0 Å². The van der Waals surface area contributed by atoms with Crippen molar-refractivity contribution < 1.29 is 4.74 Å². The number of anilines is 1. The smallest absolute Gasteiger partial charge is 0.127 e. The molecule has 1 aromatic rings. The van der Waals surface area contributed by atoms with Crippen LogP contribution in [0, 0.1) is 6.92 Å². The van der Waals surface area contributed by atoms with Gasteiger partial charge < -0.3 is 15.0 Å². The SMILES string of the molecule is C=CCn1c(C)nc(C(C)COC)c1N. The van der Waals surface area contributed by atoms with Crippen LogP contribution in [-0.2, 0) is 11.3 Å². The molecule has 15 heavy (non-hydrogen) atoms. The third-order valence-electron chi connectivity index (χ3n) is 2.42. The zero-order valence-electron chi connectivity index (χ0n) is 9.66. The molecular formula is C11H19N3O. The lowest BCUT2D eigenvalue weighted by atomic mass is 10.1. The molecule has 84 valence electrons. The molecule has 1 atom stereocenters. The molecule has 0 saturated carbocycles. The Bertz CT molecular complexity index is 344. The number of hydrogen-bond acceptors (Lipinski definition) is 3. The van der Waals surface area contributed by atoms with Crippen LogP contribution in [0.25, 0.3) is 0 Å². The van der Waals surface area contributed by atoms with E-state index < -0.39 is 0 Å². The van der Waals surface area contributed by atoms with Crippen molar-refractivity contribution in [3.8, 4) is 0 Å². The maximum atomic E-state index is 6.02. The predicted molar refractivity (Wildman–Crippen MR) is 61.9 cm³/mol. The monoisotopic (exact) mass is 209 g/mol. The van der Waals surface area contributed by atoms with Crippen LogP contribution in [0.5, 0.6) is 0 Å². The van der Waals surface area contributed by atoms with Crippen molar-refractivity contribution in [1.29, 1.82) is 0 Å². The van der Waals surface area contributed by atoms with Gasteiger partial charge in [0.2, 0.25) is 0 Å². The van der Waals surface area contributed by atoms with Gasteiger partial charge in [-0.3, -0.25) is 0 Å². The van der Waals surface area contributed by atoms with Gasteiger partial charge in [-0.1, -0.05) is 13.0 Å². The summed E-state index contributed by atoms with van der Waals surface area (Å²) < 4.78 is 7.05. The maximum absolute atomic E-state index is 6.02. The molecule has 0 radical (unpaired) electrons. The normalized spacial score (nSPS) is 12.7. The fourth-order valence-corrected chi connectivity index (χ4v) is 1.66. The lowest BCUT2D eigenvalue weighted by molar-refractivity contribution is 0.183. The molecule has 0 aliphatic carbocycles. The summed E-state index contributed by atoms with van der Waals surface area (Å²) in [5.41, 5.74) is 6.93. The van der Waals surface area contributed by atoms with E-state index in [-0.39, 0.29) is 5.92 Å². The number of imidazole rings is 1. The molecule has 0 fully saturated rings. The lowest BCUT2D eigenvalue weighted by Gasteiger charge is -2.09. The number of rotatable bonds is 5. The van der Waals surface area contributed by atoms with Crippen LogP contribution in [-0.4, -0.2) is 23.3 Å². The van der Waals surface area contributed by atoms with Crippen molar-refractivity contribution in [1.82, 2.24) is 9.55 Å². The van der Waals surface area contributed by atoms with E-state index in [1.165, 1.54) is 0 Å². The standard InChI is InChI=1S/C11H19N3O/c1-5-6-14-9(3)13-10(11(14)12)8(2)7-15-4/h5,8H,1,6-7,12H2,2-4H3. The van der Waals surface area contributed by atoms with Crippen molar-refractivity contribution >= 4 is 5.82 Å². The Hall–Kier alpha value is -1.29. The summed E-state index contributed by atoms with van der Waals surface area (Å²) in [6.45, 7) is 9.03. The zero-order valence-corrected chi connectivity index (χ0v) is 9.66. The first-order valence-electron chi connectivity index (χ1n) is 5.04. The van der Waals surface area contributed by atoms with Gasteiger partial charge in [-0.05, 0) is 6.92 Å². The van der Waals surface area contributed by atoms with Crippen molar-refractivity contribution in [2.45, 2.75) is 26.3 Å². The molecule has 1 rings (SSSR count). The summed E-state index contributed by atoms with van der Waals surface area (Å²) in [7, 11) is 1.68. The van der Waals surface area contributed by atoms with Crippen molar-refractivity contribution in [2.24, 2.45) is 0 Å². The summed E-state index contributed by atoms with van der Waals surface area (Å²) in [5, 5.41) is 0. The number of aryl methyl sites for hydroxylation is 1. The van der Waals surface area contributed by atoms with Crippen LogP contribution in [0.15, 0.2) is 12.7 Å². The minimum Gasteiger partial charge on any atom is -0.384 e. The number of nitrogens with two attached hydrogens (primary N) is 1. The molecule has 2 N–H and O–H groups in total. The van der Waals surface area contributed by atoms with Gasteiger partial charge in [-0.15, -0.1) is 6.58 Å². The number of nitrogen functional groups attached to an aromatic ring is 1. The van der Waals surface area contributed by atoms with Crippen molar-refractivity contribution in [3.63, 3.8) is 0 Å². The van der Waals surface area contributed by atoms with E-state index in [4.69, 9.17) is 10.5 Å².